The maximum Gasteiger partial charge on any atom is 0.222 e. The van der Waals surface area contributed by atoms with Crippen LogP contribution in [0, 0.1) is 19.8 Å². The lowest BCUT2D eigenvalue weighted by molar-refractivity contribution is -0.132. The van der Waals surface area contributed by atoms with Crippen molar-refractivity contribution in [3.63, 3.8) is 0 Å². The van der Waals surface area contributed by atoms with Gasteiger partial charge in [-0.3, -0.25) is 4.79 Å². The van der Waals surface area contributed by atoms with Crippen molar-refractivity contribution in [2.45, 2.75) is 46.0 Å². The number of carbonyl (C=O) groups is 1. The summed E-state index contributed by atoms with van der Waals surface area (Å²) >= 11 is 0. The van der Waals surface area contributed by atoms with E-state index in [1.807, 2.05) is 17.7 Å². The zero-order chi connectivity index (χ0) is 24.9. The highest BCUT2D eigenvalue weighted by molar-refractivity contribution is 5.76. The summed E-state index contributed by atoms with van der Waals surface area (Å²) in [7, 11) is 0. The minimum absolute atomic E-state index is 0.247. The zero-order valence-corrected chi connectivity index (χ0v) is 21.4. The van der Waals surface area contributed by atoms with Gasteiger partial charge in [-0.05, 0) is 56.6 Å². The maximum atomic E-state index is 13.0. The molecule has 2 aromatic heterocycles. The highest BCUT2D eigenvalue weighted by Crippen LogP contribution is 2.24. The molecule has 2 aliphatic rings. The van der Waals surface area contributed by atoms with Gasteiger partial charge in [-0.2, -0.15) is 5.10 Å². The van der Waals surface area contributed by atoms with E-state index in [1.165, 1.54) is 5.56 Å². The quantitative estimate of drug-likeness (QED) is 0.507. The molecule has 3 aromatic rings. The van der Waals surface area contributed by atoms with Gasteiger partial charge in [-0.25, -0.2) is 14.6 Å². The third kappa shape index (κ3) is 5.59. The largest absolute Gasteiger partial charge is 0.378 e. The Hall–Kier alpha value is -3.26. The number of hydrogen-bond acceptors (Lipinski definition) is 6. The van der Waals surface area contributed by atoms with E-state index in [1.54, 1.807) is 6.33 Å². The van der Waals surface area contributed by atoms with Crippen LogP contribution in [0.2, 0.25) is 0 Å². The smallest absolute Gasteiger partial charge is 0.222 e. The van der Waals surface area contributed by atoms with Gasteiger partial charge in [0, 0.05) is 44.4 Å². The Bertz CT molecular complexity index is 1160. The van der Waals surface area contributed by atoms with E-state index in [0.717, 1.165) is 74.0 Å². The van der Waals surface area contributed by atoms with Crippen molar-refractivity contribution >= 4 is 11.7 Å². The first-order valence-corrected chi connectivity index (χ1v) is 13.1. The topological polar surface area (TPSA) is 76.4 Å². The minimum atomic E-state index is 0.247. The van der Waals surface area contributed by atoms with Crippen LogP contribution in [-0.4, -0.2) is 69.9 Å². The molecule has 0 radical (unpaired) electrons. The van der Waals surface area contributed by atoms with E-state index in [2.05, 4.69) is 57.0 Å². The van der Waals surface area contributed by atoms with Gasteiger partial charge in [0.05, 0.1) is 18.9 Å². The van der Waals surface area contributed by atoms with Crippen LogP contribution in [-0.2, 0) is 22.4 Å². The van der Waals surface area contributed by atoms with Crippen molar-refractivity contribution in [1.29, 1.82) is 0 Å². The molecule has 0 atom stereocenters. The Morgan fingerprint density at radius 1 is 1.00 bits per heavy atom. The molecule has 2 saturated heterocycles. The van der Waals surface area contributed by atoms with Crippen molar-refractivity contribution in [1.82, 2.24) is 24.6 Å². The van der Waals surface area contributed by atoms with E-state index in [9.17, 15) is 4.79 Å². The molecule has 2 aliphatic heterocycles. The predicted octanol–water partition coefficient (Wildman–Crippen LogP) is 3.53. The number of likely N-dealkylation sites (tertiary alicyclic amines) is 1. The number of aryl methyl sites for hydroxylation is 1. The summed E-state index contributed by atoms with van der Waals surface area (Å²) in [5.41, 5.74) is 4.52. The molecule has 5 rings (SSSR count). The molecule has 2 fully saturated rings. The second kappa shape index (κ2) is 11.2. The second-order valence-electron chi connectivity index (χ2n) is 9.91. The number of nitrogens with zero attached hydrogens (tertiary/aromatic N) is 6. The van der Waals surface area contributed by atoms with Crippen LogP contribution < -0.4 is 4.90 Å². The number of benzene rings is 1. The van der Waals surface area contributed by atoms with Gasteiger partial charge >= 0.3 is 0 Å². The molecule has 1 amide bonds. The molecule has 4 heterocycles. The lowest BCUT2D eigenvalue weighted by Crippen LogP contribution is -2.39. The summed E-state index contributed by atoms with van der Waals surface area (Å²) in [6, 6.07) is 12.7. The summed E-state index contributed by atoms with van der Waals surface area (Å²) in [5, 5.41) is 4.77. The van der Waals surface area contributed by atoms with E-state index in [0.29, 0.717) is 32.0 Å². The number of ether oxygens (including phenoxy) is 1. The average molecular weight is 489 g/mol. The number of piperidine rings is 1. The van der Waals surface area contributed by atoms with Crippen molar-refractivity contribution < 1.29 is 9.53 Å². The van der Waals surface area contributed by atoms with Crippen molar-refractivity contribution in [3.05, 3.63) is 65.2 Å². The zero-order valence-electron chi connectivity index (χ0n) is 21.4. The molecular formula is C28H36N6O2. The number of amides is 1. The van der Waals surface area contributed by atoms with E-state index in [4.69, 9.17) is 9.84 Å². The standard InChI is InChI=1S/C28H36N6O2/c1-21-25(8-9-28(35)33-12-10-24(11-13-33)18-23-6-4-3-5-7-23)22(2)34(31-21)27-19-26(29-20-30-27)32-14-16-36-17-15-32/h3-7,19-20,24H,8-18H2,1-2H3. The average Bonchev–Trinajstić information content (AvgIpc) is 3.21. The summed E-state index contributed by atoms with van der Waals surface area (Å²) < 4.78 is 7.34. The van der Waals surface area contributed by atoms with Crippen LogP contribution in [0.3, 0.4) is 0 Å². The normalized spacial score (nSPS) is 16.9. The Morgan fingerprint density at radius 2 is 1.72 bits per heavy atom. The molecule has 0 saturated carbocycles. The first kappa shape index (κ1) is 24.4. The van der Waals surface area contributed by atoms with Gasteiger partial charge in [0.25, 0.3) is 0 Å². The van der Waals surface area contributed by atoms with Gasteiger partial charge in [0.15, 0.2) is 5.82 Å². The molecule has 0 spiro atoms. The van der Waals surface area contributed by atoms with Gasteiger partial charge in [0.2, 0.25) is 5.91 Å². The molecular weight excluding hydrogens is 452 g/mol. The van der Waals surface area contributed by atoms with Crippen LogP contribution in [0.4, 0.5) is 5.82 Å². The van der Waals surface area contributed by atoms with E-state index in [-0.39, 0.29) is 5.91 Å². The Morgan fingerprint density at radius 3 is 2.47 bits per heavy atom. The van der Waals surface area contributed by atoms with E-state index >= 15 is 0 Å². The number of morpholine rings is 1. The molecule has 0 aliphatic carbocycles. The van der Waals surface area contributed by atoms with Gasteiger partial charge in [0.1, 0.15) is 12.1 Å². The molecule has 190 valence electrons. The highest BCUT2D eigenvalue weighted by Gasteiger charge is 2.24. The molecule has 36 heavy (non-hydrogen) atoms. The van der Waals surface area contributed by atoms with Crippen LogP contribution in [0.5, 0.6) is 0 Å². The molecule has 0 bridgehead atoms. The number of aromatic nitrogens is 4. The monoisotopic (exact) mass is 488 g/mol. The van der Waals surface area contributed by atoms with Crippen LogP contribution >= 0.6 is 0 Å². The predicted molar refractivity (Wildman–Crippen MR) is 139 cm³/mol. The molecule has 0 unspecified atom stereocenters. The molecule has 1 aromatic carbocycles. The lowest BCUT2D eigenvalue weighted by atomic mass is 9.90. The second-order valence-corrected chi connectivity index (χ2v) is 9.91. The summed E-state index contributed by atoms with van der Waals surface area (Å²) in [6.45, 7) is 8.87. The highest BCUT2D eigenvalue weighted by atomic mass is 16.5. The molecule has 8 nitrogen and oxygen atoms in total. The minimum Gasteiger partial charge on any atom is -0.378 e. The first-order chi connectivity index (χ1) is 17.6. The first-order valence-electron chi connectivity index (χ1n) is 13.1. The fraction of sp³-hybridized carbons (Fsp3) is 0.500. The van der Waals surface area contributed by atoms with Gasteiger partial charge in [-0.1, -0.05) is 30.3 Å². The number of rotatable bonds is 7. The van der Waals surface area contributed by atoms with Crippen LogP contribution in [0.15, 0.2) is 42.7 Å². The number of carbonyl (C=O) groups excluding carboxylic acids is 1. The Labute approximate surface area is 213 Å². The Kier molecular flexibility index (Phi) is 7.60. The molecule has 8 heteroatoms. The third-order valence-corrected chi connectivity index (χ3v) is 7.55. The van der Waals surface area contributed by atoms with Crippen LogP contribution in [0.25, 0.3) is 5.82 Å². The fourth-order valence-electron chi connectivity index (χ4n) is 5.40. The molecule has 0 N–H and O–H groups in total. The SMILES string of the molecule is Cc1nn(-c2cc(N3CCOCC3)ncn2)c(C)c1CCC(=O)N1CCC(Cc2ccccc2)CC1. The lowest BCUT2D eigenvalue weighted by Gasteiger charge is -2.32. The fourth-order valence-corrected chi connectivity index (χ4v) is 5.40. The van der Waals surface area contributed by atoms with Gasteiger partial charge in [-0.15, -0.1) is 0 Å². The number of anilines is 1. The Balaban J connectivity index is 1.18. The van der Waals surface area contributed by atoms with Crippen molar-refractivity contribution in [2.24, 2.45) is 5.92 Å². The number of hydrogen-bond donors (Lipinski definition) is 0. The van der Waals surface area contributed by atoms with Gasteiger partial charge < -0.3 is 14.5 Å². The van der Waals surface area contributed by atoms with Crippen LogP contribution in [0.1, 0.15) is 41.8 Å². The third-order valence-electron chi connectivity index (χ3n) is 7.55. The maximum absolute atomic E-state index is 13.0. The summed E-state index contributed by atoms with van der Waals surface area (Å²) in [6.07, 6.45) is 6.07. The van der Waals surface area contributed by atoms with Crippen molar-refractivity contribution in [3.8, 4) is 5.82 Å². The van der Waals surface area contributed by atoms with E-state index < -0.39 is 0 Å². The summed E-state index contributed by atoms with van der Waals surface area (Å²) in [5.74, 6) is 2.55. The summed E-state index contributed by atoms with van der Waals surface area (Å²) in [4.78, 5) is 26.2. The van der Waals surface area contributed by atoms with Crippen molar-refractivity contribution in [2.75, 3.05) is 44.3 Å².